The third-order valence-electron chi connectivity index (χ3n) is 5.72. The van der Waals surface area contributed by atoms with Crippen molar-refractivity contribution in [1.29, 1.82) is 0 Å². The maximum atomic E-state index is 13.4. The van der Waals surface area contributed by atoms with Crippen molar-refractivity contribution in [1.82, 2.24) is 9.80 Å². The van der Waals surface area contributed by atoms with Crippen molar-refractivity contribution in [2.45, 2.75) is 25.2 Å². The number of likely N-dealkylation sites (tertiary alicyclic amines) is 1. The number of alkyl halides is 3. The maximum Gasteiger partial charge on any atom is 0.573 e. The van der Waals surface area contributed by atoms with Gasteiger partial charge in [0.25, 0.3) is 5.91 Å². The fourth-order valence-corrected chi connectivity index (χ4v) is 4.14. The maximum absolute atomic E-state index is 13.4. The summed E-state index contributed by atoms with van der Waals surface area (Å²) in [6, 6.07) is 13.3. The Labute approximate surface area is 188 Å². The fraction of sp³-hybridized carbons (Fsp3) is 0.348. The van der Waals surface area contributed by atoms with Gasteiger partial charge in [-0.2, -0.15) is 0 Å². The quantitative estimate of drug-likeness (QED) is 0.640. The van der Waals surface area contributed by atoms with Gasteiger partial charge in [-0.3, -0.25) is 19.3 Å². The van der Waals surface area contributed by atoms with Crippen LogP contribution in [-0.4, -0.2) is 60.1 Å². The molecule has 2 aliphatic rings. The third-order valence-corrected chi connectivity index (χ3v) is 5.72. The molecule has 0 aliphatic carbocycles. The minimum Gasteiger partial charge on any atom is -0.406 e. The lowest BCUT2D eigenvalue weighted by Crippen LogP contribution is -2.53. The summed E-state index contributed by atoms with van der Waals surface area (Å²) in [6.07, 6.45) is -4.56. The van der Waals surface area contributed by atoms with Crippen LogP contribution in [0.3, 0.4) is 0 Å². The molecule has 10 heteroatoms. The molecular formula is C23H22F3N3O4. The summed E-state index contributed by atoms with van der Waals surface area (Å²) in [6.45, 7) is 1.60. The monoisotopic (exact) mass is 461 g/mol. The second-order valence-electron chi connectivity index (χ2n) is 7.82. The normalized spacial score (nSPS) is 18.0. The van der Waals surface area contributed by atoms with E-state index in [0.717, 1.165) is 4.90 Å². The summed E-state index contributed by atoms with van der Waals surface area (Å²) in [5.74, 6) is -1.34. The van der Waals surface area contributed by atoms with Crippen LogP contribution in [0.5, 0.6) is 5.75 Å². The lowest BCUT2D eigenvalue weighted by Gasteiger charge is -2.39. The van der Waals surface area contributed by atoms with E-state index in [1.807, 2.05) is 4.90 Å². The minimum absolute atomic E-state index is 0.0945. The highest BCUT2D eigenvalue weighted by molar-refractivity contribution is 6.05. The first-order valence-corrected chi connectivity index (χ1v) is 10.5. The van der Waals surface area contributed by atoms with E-state index in [0.29, 0.717) is 37.4 Å². The van der Waals surface area contributed by atoms with Crippen molar-refractivity contribution >= 4 is 23.4 Å². The number of hydrogen-bond donors (Lipinski definition) is 0. The Hall–Kier alpha value is -3.56. The molecule has 4 rings (SSSR count). The molecule has 2 fully saturated rings. The molecule has 33 heavy (non-hydrogen) atoms. The van der Waals surface area contributed by atoms with Crippen LogP contribution in [0.15, 0.2) is 54.6 Å². The molecular weight excluding hydrogens is 439 g/mol. The number of anilines is 1. The molecule has 0 saturated carbocycles. The van der Waals surface area contributed by atoms with Crippen LogP contribution in [-0.2, 0) is 14.4 Å². The SMILES string of the molecule is O=C(C(c1ccccc1)N1C(=O)CCC1=O)N1CCN(c2ccc(OC(F)(F)F)cc2)CC1. The molecule has 0 bridgehead atoms. The minimum atomic E-state index is -4.75. The predicted octanol–water partition coefficient (Wildman–Crippen LogP) is 3.12. The first kappa shape index (κ1) is 22.6. The number of hydrogen-bond acceptors (Lipinski definition) is 5. The van der Waals surface area contributed by atoms with Gasteiger partial charge in [0.1, 0.15) is 11.8 Å². The number of benzene rings is 2. The van der Waals surface area contributed by atoms with E-state index in [4.69, 9.17) is 0 Å². The summed E-state index contributed by atoms with van der Waals surface area (Å²) < 4.78 is 40.9. The number of nitrogens with zero attached hydrogens (tertiary/aromatic N) is 3. The summed E-state index contributed by atoms with van der Waals surface area (Å²) in [4.78, 5) is 42.8. The number of carbonyl (C=O) groups is 3. The highest BCUT2D eigenvalue weighted by atomic mass is 19.4. The molecule has 2 aromatic carbocycles. The predicted molar refractivity (Wildman–Crippen MR) is 112 cm³/mol. The van der Waals surface area contributed by atoms with Gasteiger partial charge in [-0.1, -0.05) is 30.3 Å². The second kappa shape index (κ2) is 9.13. The van der Waals surface area contributed by atoms with Gasteiger partial charge < -0.3 is 14.5 Å². The summed E-state index contributed by atoms with van der Waals surface area (Å²) in [7, 11) is 0. The van der Waals surface area contributed by atoms with Crippen LogP contribution >= 0.6 is 0 Å². The Kier molecular flexibility index (Phi) is 6.26. The number of ether oxygens (including phenoxy) is 1. The van der Waals surface area contributed by atoms with Crippen LogP contribution in [0.4, 0.5) is 18.9 Å². The Morgan fingerprint density at radius 3 is 1.97 bits per heavy atom. The molecule has 7 nitrogen and oxygen atoms in total. The van der Waals surface area contributed by atoms with Crippen LogP contribution < -0.4 is 9.64 Å². The van der Waals surface area contributed by atoms with Crippen molar-refractivity contribution in [2.75, 3.05) is 31.1 Å². The zero-order chi connectivity index (χ0) is 23.6. The molecule has 2 aliphatic heterocycles. The summed E-state index contributed by atoms with van der Waals surface area (Å²) >= 11 is 0. The molecule has 2 saturated heterocycles. The third kappa shape index (κ3) is 5.10. The fourth-order valence-electron chi connectivity index (χ4n) is 4.14. The molecule has 0 radical (unpaired) electrons. The van der Waals surface area contributed by atoms with E-state index < -0.39 is 12.4 Å². The highest BCUT2D eigenvalue weighted by Gasteiger charge is 2.41. The Morgan fingerprint density at radius 2 is 1.42 bits per heavy atom. The molecule has 0 spiro atoms. The lowest BCUT2D eigenvalue weighted by molar-refractivity contribution is -0.274. The number of piperazine rings is 1. The standard InChI is InChI=1S/C23H22F3N3O4/c24-23(25,26)33-18-8-6-17(7-9-18)27-12-14-28(15-13-27)22(32)21(16-4-2-1-3-5-16)29-19(30)10-11-20(29)31/h1-9,21H,10-15H2. The first-order valence-electron chi connectivity index (χ1n) is 10.5. The summed E-state index contributed by atoms with van der Waals surface area (Å²) in [5.41, 5.74) is 1.29. The molecule has 2 heterocycles. The van der Waals surface area contributed by atoms with Crippen LogP contribution in [0.2, 0.25) is 0 Å². The molecule has 0 N–H and O–H groups in total. The van der Waals surface area contributed by atoms with Crippen LogP contribution in [0.1, 0.15) is 24.4 Å². The van der Waals surface area contributed by atoms with Gasteiger partial charge in [0.05, 0.1) is 0 Å². The molecule has 2 aromatic rings. The first-order chi connectivity index (χ1) is 15.7. The topological polar surface area (TPSA) is 70.2 Å². The van der Waals surface area contributed by atoms with Crippen LogP contribution in [0.25, 0.3) is 0 Å². The number of carbonyl (C=O) groups excluding carboxylic acids is 3. The smallest absolute Gasteiger partial charge is 0.406 e. The zero-order valence-corrected chi connectivity index (χ0v) is 17.6. The van der Waals surface area contributed by atoms with Gasteiger partial charge in [-0.15, -0.1) is 13.2 Å². The van der Waals surface area contributed by atoms with E-state index in [-0.39, 0.29) is 36.3 Å². The summed E-state index contributed by atoms with van der Waals surface area (Å²) in [5, 5.41) is 0. The van der Waals surface area contributed by atoms with Gasteiger partial charge in [0.15, 0.2) is 0 Å². The lowest BCUT2D eigenvalue weighted by atomic mass is 10.0. The largest absolute Gasteiger partial charge is 0.573 e. The molecule has 1 unspecified atom stereocenters. The number of rotatable bonds is 5. The van der Waals surface area contributed by atoms with Crippen LogP contribution in [0, 0.1) is 0 Å². The van der Waals surface area contributed by atoms with Gasteiger partial charge in [0.2, 0.25) is 11.8 Å². The number of halogens is 3. The average molecular weight is 461 g/mol. The Bertz CT molecular complexity index is 1000. The van der Waals surface area contributed by atoms with Crippen molar-refractivity contribution in [3.8, 4) is 5.75 Å². The number of amides is 3. The molecule has 174 valence electrons. The van der Waals surface area contributed by atoms with Crippen molar-refractivity contribution in [2.24, 2.45) is 0 Å². The molecule has 0 aromatic heterocycles. The second-order valence-corrected chi connectivity index (χ2v) is 7.82. The van der Waals surface area contributed by atoms with Gasteiger partial charge in [-0.05, 0) is 29.8 Å². The van der Waals surface area contributed by atoms with E-state index in [1.165, 1.54) is 24.3 Å². The molecule has 1 atom stereocenters. The van der Waals surface area contributed by atoms with E-state index in [1.54, 1.807) is 35.2 Å². The van der Waals surface area contributed by atoms with Gasteiger partial charge in [0, 0.05) is 44.7 Å². The van der Waals surface area contributed by atoms with Gasteiger partial charge in [-0.25, -0.2) is 0 Å². The average Bonchev–Trinajstić information content (AvgIpc) is 3.12. The number of imide groups is 1. The molecule has 3 amide bonds. The van der Waals surface area contributed by atoms with E-state index in [2.05, 4.69) is 4.74 Å². The van der Waals surface area contributed by atoms with Crippen molar-refractivity contribution in [3.63, 3.8) is 0 Å². The van der Waals surface area contributed by atoms with Crippen molar-refractivity contribution < 1.29 is 32.3 Å². The highest BCUT2D eigenvalue weighted by Crippen LogP contribution is 2.30. The van der Waals surface area contributed by atoms with E-state index >= 15 is 0 Å². The van der Waals surface area contributed by atoms with Crippen molar-refractivity contribution in [3.05, 3.63) is 60.2 Å². The Morgan fingerprint density at radius 1 is 0.848 bits per heavy atom. The Balaban J connectivity index is 1.45. The van der Waals surface area contributed by atoms with E-state index in [9.17, 15) is 27.6 Å². The zero-order valence-electron chi connectivity index (χ0n) is 17.6. The van der Waals surface area contributed by atoms with Gasteiger partial charge >= 0.3 is 6.36 Å².